The van der Waals surface area contributed by atoms with E-state index in [9.17, 15) is 4.79 Å². The summed E-state index contributed by atoms with van der Waals surface area (Å²) >= 11 is 0. The van der Waals surface area contributed by atoms with Crippen LogP contribution in [0.1, 0.15) is 44.9 Å². The molecule has 2 rings (SSSR count). The van der Waals surface area contributed by atoms with E-state index in [2.05, 4.69) is 16.4 Å². The second-order valence-electron chi connectivity index (χ2n) is 6.62. The minimum atomic E-state index is -0.273. The highest BCUT2D eigenvalue weighted by atomic mass is 16.5. The molecule has 1 N–H and O–H groups in total. The smallest absolute Gasteiger partial charge is 0.243 e. The van der Waals surface area contributed by atoms with Crippen LogP contribution in [0.3, 0.4) is 0 Å². The Morgan fingerprint density at radius 3 is 2.74 bits per heavy atom. The summed E-state index contributed by atoms with van der Waals surface area (Å²) in [5.74, 6) is -0.0284. The summed E-state index contributed by atoms with van der Waals surface area (Å²) in [6.45, 7) is 9.03. The minimum Gasteiger partial charge on any atom is -0.371 e. The van der Waals surface area contributed by atoms with Crippen molar-refractivity contribution >= 4 is 5.91 Å². The first-order valence-electron chi connectivity index (χ1n) is 7.82. The van der Waals surface area contributed by atoms with Gasteiger partial charge in [0.25, 0.3) is 0 Å². The first-order chi connectivity index (χ1) is 10.8. The van der Waals surface area contributed by atoms with Gasteiger partial charge in [0.15, 0.2) is 0 Å². The molecule has 0 spiro atoms. The molecule has 0 aliphatic carbocycles. The fraction of sp³-hybridized carbons (Fsp3) is 0.444. The topological polar surface area (TPSA) is 56.1 Å². The van der Waals surface area contributed by atoms with E-state index in [-0.39, 0.29) is 17.6 Å². The summed E-state index contributed by atoms with van der Waals surface area (Å²) in [5, 5.41) is 2.96. The van der Waals surface area contributed by atoms with Crippen LogP contribution in [-0.2, 0) is 22.7 Å². The first kappa shape index (κ1) is 17.2. The third kappa shape index (κ3) is 5.53. The number of benzene rings is 1. The third-order valence-corrected chi connectivity index (χ3v) is 3.48. The van der Waals surface area contributed by atoms with Crippen molar-refractivity contribution in [2.24, 2.45) is 0 Å². The van der Waals surface area contributed by atoms with Gasteiger partial charge in [-0.25, -0.2) is 4.98 Å². The molecule has 0 saturated heterocycles. The summed E-state index contributed by atoms with van der Waals surface area (Å²) in [6, 6.07) is 7.81. The van der Waals surface area contributed by atoms with Gasteiger partial charge < -0.3 is 14.6 Å². The molecule has 0 radical (unpaired) electrons. The molecule has 124 valence electrons. The van der Waals surface area contributed by atoms with Gasteiger partial charge in [-0.2, -0.15) is 0 Å². The van der Waals surface area contributed by atoms with E-state index in [4.69, 9.17) is 4.74 Å². The molecule has 0 aliphatic rings. The SMILES string of the molecule is C[C@H](C(=O)NCc1cccc(COC(C)(C)C)c1)n1ccnc1. The summed E-state index contributed by atoms with van der Waals surface area (Å²) in [4.78, 5) is 16.1. The second kappa shape index (κ2) is 7.42. The average molecular weight is 315 g/mol. The Bertz CT molecular complexity index is 630. The molecular weight excluding hydrogens is 290 g/mol. The Hall–Kier alpha value is -2.14. The van der Waals surface area contributed by atoms with Crippen LogP contribution >= 0.6 is 0 Å². The Morgan fingerprint density at radius 2 is 2.09 bits per heavy atom. The number of carbonyl (C=O) groups excluding carboxylic acids is 1. The van der Waals surface area contributed by atoms with Crippen LogP contribution < -0.4 is 5.32 Å². The van der Waals surface area contributed by atoms with Gasteiger partial charge in [0, 0.05) is 18.9 Å². The fourth-order valence-corrected chi connectivity index (χ4v) is 2.10. The maximum absolute atomic E-state index is 12.2. The number of imidazole rings is 1. The lowest BCUT2D eigenvalue weighted by atomic mass is 10.1. The molecule has 0 saturated carbocycles. The average Bonchev–Trinajstić information content (AvgIpc) is 3.04. The van der Waals surface area contributed by atoms with Gasteiger partial charge in [-0.3, -0.25) is 4.79 Å². The zero-order valence-corrected chi connectivity index (χ0v) is 14.2. The van der Waals surface area contributed by atoms with Gasteiger partial charge in [0.05, 0.1) is 18.5 Å². The molecule has 5 heteroatoms. The molecule has 1 aromatic heterocycles. The van der Waals surface area contributed by atoms with Crippen LogP contribution in [0.4, 0.5) is 0 Å². The summed E-state index contributed by atoms with van der Waals surface area (Å²) < 4.78 is 7.57. The van der Waals surface area contributed by atoms with E-state index in [1.807, 2.05) is 45.9 Å². The van der Waals surface area contributed by atoms with Crippen molar-refractivity contribution in [3.05, 3.63) is 54.1 Å². The quantitative estimate of drug-likeness (QED) is 0.891. The monoisotopic (exact) mass is 315 g/mol. The molecular formula is C18H25N3O2. The number of rotatable bonds is 6. The largest absolute Gasteiger partial charge is 0.371 e. The normalized spacial score (nSPS) is 12.9. The molecule has 0 aliphatic heterocycles. The zero-order chi connectivity index (χ0) is 16.9. The van der Waals surface area contributed by atoms with Gasteiger partial charge >= 0.3 is 0 Å². The number of nitrogens with one attached hydrogen (secondary N) is 1. The number of hydrogen-bond donors (Lipinski definition) is 1. The van der Waals surface area contributed by atoms with Crippen molar-refractivity contribution < 1.29 is 9.53 Å². The van der Waals surface area contributed by atoms with Gasteiger partial charge in [0.2, 0.25) is 5.91 Å². The van der Waals surface area contributed by atoms with Gasteiger partial charge in [0.1, 0.15) is 6.04 Å². The number of aromatic nitrogens is 2. The van der Waals surface area contributed by atoms with Crippen LogP contribution in [0.2, 0.25) is 0 Å². The Morgan fingerprint density at radius 1 is 1.35 bits per heavy atom. The van der Waals surface area contributed by atoms with Gasteiger partial charge in [-0.1, -0.05) is 24.3 Å². The van der Waals surface area contributed by atoms with Crippen molar-refractivity contribution in [3.63, 3.8) is 0 Å². The highest BCUT2D eigenvalue weighted by molar-refractivity contribution is 5.79. The summed E-state index contributed by atoms with van der Waals surface area (Å²) in [5.41, 5.74) is 2.00. The molecule has 2 aromatic rings. The van der Waals surface area contributed by atoms with E-state index in [0.717, 1.165) is 11.1 Å². The standard InChI is InChI=1S/C18H25N3O2/c1-14(21-9-8-19-13-21)17(22)20-11-15-6-5-7-16(10-15)12-23-18(2,3)4/h5-10,13-14H,11-12H2,1-4H3,(H,20,22)/t14-/m1/s1. The number of ether oxygens (including phenoxy) is 1. The van der Waals surface area contributed by atoms with E-state index >= 15 is 0 Å². The molecule has 1 amide bonds. The number of amides is 1. The van der Waals surface area contributed by atoms with Crippen LogP contribution in [0.15, 0.2) is 43.0 Å². The summed E-state index contributed by atoms with van der Waals surface area (Å²) in [7, 11) is 0. The highest BCUT2D eigenvalue weighted by Crippen LogP contribution is 2.13. The van der Waals surface area contributed by atoms with Crippen molar-refractivity contribution in [2.45, 2.75) is 52.5 Å². The van der Waals surface area contributed by atoms with Gasteiger partial charge in [-0.05, 0) is 38.8 Å². The van der Waals surface area contributed by atoms with Crippen LogP contribution in [0.5, 0.6) is 0 Å². The Labute approximate surface area is 137 Å². The molecule has 0 fully saturated rings. The molecule has 1 heterocycles. The molecule has 0 bridgehead atoms. The maximum Gasteiger partial charge on any atom is 0.243 e. The van der Waals surface area contributed by atoms with Crippen molar-refractivity contribution in [1.82, 2.24) is 14.9 Å². The van der Waals surface area contributed by atoms with Crippen molar-refractivity contribution in [2.75, 3.05) is 0 Å². The van der Waals surface area contributed by atoms with E-state index in [0.29, 0.717) is 13.2 Å². The second-order valence-corrected chi connectivity index (χ2v) is 6.62. The molecule has 1 aromatic carbocycles. The Kier molecular flexibility index (Phi) is 5.55. The first-order valence-corrected chi connectivity index (χ1v) is 7.82. The molecule has 0 unspecified atom stereocenters. The van der Waals surface area contributed by atoms with Crippen LogP contribution in [-0.4, -0.2) is 21.1 Å². The minimum absolute atomic E-state index is 0.0284. The lowest BCUT2D eigenvalue weighted by Crippen LogP contribution is -2.30. The third-order valence-electron chi connectivity index (χ3n) is 3.48. The maximum atomic E-state index is 12.2. The van der Waals surface area contributed by atoms with Crippen LogP contribution in [0, 0.1) is 0 Å². The number of carbonyl (C=O) groups is 1. The molecule has 5 nitrogen and oxygen atoms in total. The Balaban J connectivity index is 1.89. The van der Waals surface area contributed by atoms with Gasteiger partial charge in [-0.15, -0.1) is 0 Å². The molecule has 1 atom stereocenters. The number of nitrogens with zero attached hydrogens (tertiary/aromatic N) is 2. The van der Waals surface area contributed by atoms with Crippen LogP contribution in [0.25, 0.3) is 0 Å². The van der Waals surface area contributed by atoms with E-state index in [1.54, 1.807) is 23.3 Å². The van der Waals surface area contributed by atoms with Crippen molar-refractivity contribution in [3.8, 4) is 0 Å². The zero-order valence-electron chi connectivity index (χ0n) is 14.2. The predicted molar refractivity (Wildman–Crippen MR) is 89.8 cm³/mol. The van der Waals surface area contributed by atoms with Crippen molar-refractivity contribution in [1.29, 1.82) is 0 Å². The van der Waals surface area contributed by atoms with E-state index in [1.165, 1.54) is 0 Å². The highest BCUT2D eigenvalue weighted by Gasteiger charge is 2.14. The molecule has 23 heavy (non-hydrogen) atoms. The number of hydrogen-bond acceptors (Lipinski definition) is 3. The van der Waals surface area contributed by atoms with E-state index < -0.39 is 0 Å². The lowest BCUT2D eigenvalue weighted by Gasteiger charge is -2.19. The lowest BCUT2D eigenvalue weighted by molar-refractivity contribution is -0.124. The summed E-state index contributed by atoms with van der Waals surface area (Å²) in [6.07, 6.45) is 5.10. The fourth-order valence-electron chi connectivity index (χ4n) is 2.10. The predicted octanol–water partition coefficient (Wildman–Crippen LogP) is 3.08.